The summed E-state index contributed by atoms with van der Waals surface area (Å²) in [4.78, 5) is 23.0. The van der Waals surface area contributed by atoms with Crippen molar-refractivity contribution in [3.63, 3.8) is 0 Å². The van der Waals surface area contributed by atoms with Gasteiger partial charge in [0.25, 0.3) is 0 Å². The third-order valence-corrected chi connectivity index (χ3v) is 7.75. The van der Waals surface area contributed by atoms with Crippen molar-refractivity contribution < 1.29 is 4.79 Å². The van der Waals surface area contributed by atoms with E-state index in [4.69, 9.17) is 4.98 Å². The topological polar surface area (TPSA) is 48.5 Å². The van der Waals surface area contributed by atoms with E-state index in [0.29, 0.717) is 12.3 Å². The first-order valence-corrected chi connectivity index (χ1v) is 12.7. The molecule has 1 aliphatic heterocycles. The number of aromatic nitrogens is 1. The fourth-order valence-corrected chi connectivity index (χ4v) is 5.56. The number of para-hydroxylation sites is 1. The first-order valence-electron chi connectivity index (χ1n) is 10.9. The summed E-state index contributed by atoms with van der Waals surface area (Å²) >= 11 is 3.38. The normalized spacial score (nSPS) is 14.8. The summed E-state index contributed by atoms with van der Waals surface area (Å²) in [7, 11) is 0. The Labute approximate surface area is 192 Å². The van der Waals surface area contributed by atoms with Crippen LogP contribution < -0.4 is 10.2 Å². The lowest BCUT2D eigenvalue weighted by atomic mass is 10.1. The van der Waals surface area contributed by atoms with Gasteiger partial charge in [-0.25, -0.2) is 4.98 Å². The van der Waals surface area contributed by atoms with Gasteiger partial charge in [0, 0.05) is 44.2 Å². The zero-order valence-electron chi connectivity index (χ0n) is 18.3. The van der Waals surface area contributed by atoms with E-state index in [1.165, 1.54) is 21.3 Å². The van der Waals surface area contributed by atoms with Gasteiger partial charge < -0.3 is 10.2 Å². The summed E-state index contributed by atoms with van der Waals surface area (Å²) in [6, 6.07) is 14.8. The molecule has 1 aromatic heterocycles. The molecule has 0 unspecified atom stereocenters. The lowest BCUT2D eigenvalue weighted by Gasteiger charge is -2.34. The third-order valence-electron chi connectivity index (χ3n) is 5.66. The Morgan fingerprint density at radius 1 is 1.13 bits per heavy atom. The molecular formula is C24H30N4OS2. The van der Waals surface area contributed by atoms with Crippen molar-refractivity contribution in [3.8, 4) is 0 Å². The molecule has 1 N–H and O–H groups in total. The Balaban J connectivity index is 1.18. The van der Waals surface area contributed by atoms with Gasteiger partial charge in [-0.2, -0.15) is 0 Å². The maximum atomic E-state index is 12.1. The summed E-state index contributed by atoms with van der Waals surface area (Å²) < 4.78 is 1.28. The maximum absolute atomic E-state index is 12.1. The van der Waals surface area contributed by atoms with E-state index in [1.807, 2.05) is 0 Å². The summed E-state index contributed by atoms with van der Waals surface area (Å²) in [5.41, 5.74) is 3.73. The van der Waals surface area contributed by atoms with E-state index in [9.17, 15) is 4.79 Å². The molecule has 0 radical (unpaired) electrons. The van der Waals surface area contributed by atoms with Gasteiger partial charge in [0.1, 0.15) is 0 Å². The number of hydrogen-bond donors (Lipinski definition) is 1. The first-order chi connectivity index (χ1) is 15.1. The van der Waals surface area contributed by atoms with E-state index in [1.54, 1.807) is 23.1 Å². The fourth-order valence-electron chi connectivity index (χ4n) is 3.77. The fraction of sp³-hybridized carbons (Fsp3) is 0.417. The molecule has 0 atom stereocenters. The van der Waals surface area contributed by atoms with E-state index in [0.717, 1.165) is 49.2 Å². The molecule has 164 valence electrons. The number of rotatable bonds is 8. The Hall–Kier alpha value is -2.09. The van der Waals surface area contributed by atoms with E-state index in [-0.39, 0.29) is 5.91 Å². The standard InChI is InChI=1S/C24H30N4OS2/c1-3-19-5-4-6-21-23(19)26-24(31-21)28-15-13-27(14-16-28)12-11-25-22(29)17-30-20-9-7-18(2)8-10-20/h4-10H,3,11-17H2,1-2H3,(H,25,29). The number of thiazole rings is 1. The van der Waals surface area contributed by atoms with Gasteiger partial charge in [0.2, 0.25) is 5.91 Å². The molecule has 3 aromatic rings. The van der Waals surface area contributed by atoms with Crippen LogP contribution in [-0.2, 0) is 11.2 Å². The summed E-state index contributed by atoms with van der Waals surface area (Å²) in [6.07, 6.45) is 1.02. The van der Waals surface area contributed by atoms with Crippen molar-refractivity contribution in [2.75, 3.05) is 49.9 Å². The number of nitrogens with one attached hydrogen (secondary N) is 1. The number of aryl methyl sites for hydroxylation is 2. The molecule has 1 aliphatic rings. The number of piperazine rings is 1. The molecular weight excluding hydrogens is 424 g/mol. The number of nitrogens with zero attached hydrogens (tertiary/aromatic N) is 3. The lowest BCUT2D eigenvalue weighted by Crippen LogP contribution is -2.48. The van der Waals surface area contributed by atoms with Crippen LogP contribution in [0.3, 0.4) is 0 Å². The van der Waals surface area contributed by atoms with E-state index >= 15 is 0 Å². The summed E-state index contributed by atoms with van der Waals surface area (Å²) in [5, 5.41) is 4.20. The molecule has 1 amide bonds. The Morgan fingerprint density at radius 3 is 2.65 bits per heavy atom. The second-order valence-corrected chi connectivity index (χ2v) is 9.95. The number of amides is 1. The van der Waals surface area contributed by atoms with Crippen LogP contribution in [0.1, 0.15) is 18.1 Å². The predicted octanol–water partition coefficient (Wildman–Crippen LogP) is 4.20. The number of thioether (sulfide) groups is 1. The van der Waals surface area contributed by atoms with Crippen molar-refractivity contribution in [3.05, 3.63) is 53.6 Å². The lowest BCUT2D eigenvalue weighted by molar-refractivity contribution is -0.118. The Bertz CT molecular complexity index is 1010. The van der Waals surface area contributed by atoms with Crippen molar-refractivity contribution in [1.29, 1.82) is 0 Å². The van der Waals surface area contributed by atoms with Crippen LogP contribution in [0.4, 0.5) is 5.13 Å². The second-order valence-electron chi connectivity index (χ2n) is 7.89. The minimum atomic E-state index is 0.102. The van der Waals surface area contributed by atoms with Crippen molar-refractivity contribution in [1.82, 2.24) is 15.2 Å². The van der Waals surface area contributed by atoms with Crippen LogP contribution in [0.5, 0.6) is 0 Å². The smallest absolute Gasteiger partial charge is 0.230 e. The molecule has 0 bridgehead atoms. The highest BCUT2D eigenvalue weighted by Gasteiger charge is 2.20. The minimum Gasteiger partial charge on any atom is -0.354 e. The highest BCUT2D eigenvalue weighted by Crippen LogP contribution is 2.31. The molecule has 0 aliphatic carbocycles. The van der Waals surface area contributed by atoms with Crippen molar-refractivity contribution >= 4 is 44.4 Å². The average Bonchev–Trinajstić information content (AvgIpc) is 3.24. The van der Waals surface area contributed by atoms with Crippen LogP contribution in [-0.4, -0.2) is 60.8 Å². The molecule has 1 saturated heterocycles. The molecule has 7 heteroatoms. The molecule has 2 aromatic carbocycles. The Kier molecular flexibility index (Phi) is 7.48. The third kappa shape index (κ3) is 5.79. The molecule has 0 saturated carbocycles. The van der Waals surface area contributed by atoms with Gasteiger partial charge in [0.15, 0.2) is 5.13 Å². The number of anilines is 1. The predicted molar refractivity (Wildman–Crippen MR) is 133 cm³/mol. The monoisotopic (exact) mass is 454 g/mol. The quantitative estimate of drug-likeness (QED) is 0.517. The number of benzene rings is 2. The number of carbonyl (C=O) groups excluding carboxylic acids is 1. The van der Waals surface area contributed by atoms with Crippen LogP contribution in [0, 0.1) is 6.92 Å². The van der Waals surface area contributed by atoms with Gasteiger partial charge in [-0.15, -0.1) is 11.8 Å². The van der Waals surface area contributed by atoms with Crippen LogP contribution in [0.15, 0.2) is 47.4 Å². The van der Waals surface area contributed by atoms with Gasteiger partial charge in [-0.05, 0) is 37.1 Å². The van der Waals surface area contributed by atoms with Crippen LogP contribution in [0.2, 0.25) is 0 Å². The summed E-state index contributed by atoms with van der Waals surface area (Å²) in [6.45, 7) is 9.84. The SMILES string of the molecule is CCc1cccc2sc(N3CCN(CCNC(=O)CSc4ccc(C)cc4)CC3)nc12. The summed E-state index contributed by atoms with van der Waals surface area (Å²) in [5.74, 6) is 0.569. The van der Waals surface area contributed by atoms with Gasteiger partial charge in [0.05, 0.1) is 16.0 Å². The minimum absolute atomic E-state index is 0.102. The molecule has 4 rings (SSSR count). The van der Waals surface area contributed by atoms with Crippen molar-refractivity contribution in [2.45, 2.75) is 25.2 Å². The molecule has 0 spiro atoms. The van der Waals surface area contributed by atoms with Crippen LogP contribution in [0.25, 0.3) is 10.2 Å². The van der Waals surface area contributed by atoms with Gasteiger partial charge in [-0.3, -0.25) is 9.69 Å². The zero-order valence-corrected chi connectivity index (χ0v) is 19.9. The van der Waals surface area contributed by atoms with Gasteiger partial charge in [-0.1, -0.05) is 48.1 Å². The number of hydrogen-bond acceptors (Lipinski definition) is 6. The molecule has 5 nitrogen and oxygen atoms in total. The van der Waals surface area contributed by atoms with E-state index < -0.39 is 0 Å². The van der Waals surface area contributed by atoms with Gasteiger partial charge >= 0.3 is 0 Å². The maximum Gasteiger partial charge on any atom is 0.230 e. The number of fused-ring (bicyclic) bond motifs is 1. The Morgan fingerprint density at radius 2 is 1.90 bits per heavy atom. The highest BCUT2D eigenvalue weighted by molar-refractivity contribution is 8.00. The molecule has 2 heterocycles. The zero-order chi connectivity index (χ0) is 21.6. The average molecular weight is 455 g/mol. The molecule has 31 heavy (non-hydrogen) atoms. The number of carbonyl (C=O) groups is 1. The van der Waals surface area contributed by atoms with E-state index in [2.05, 4.69) is 71.4 Å². The molecule has 1 fully saturated rings. The first kappa shape index (κ1) is 22.1. The largest absolute Gasteiger partial charge is 0.354 e. The van der Waals surface area contributed by atoms with Crippen LogP contribution >= 0.6 is 23.1 Å². The van der Waals surface area contributed by atoms with Crippen molar-refractivity contribution in [2.24, 2.45) is 0 Å². The highest BCUT2D eigenvalue weighted by atomic mass is 32.2. The second kappa shape index (κ2) is 10.5.